The van der Waals surface area contributed by atoms with Crippen LogP contribution in [0.1, 0.15) is 57.6 Å². The Balaban J connectivity index is 1.68. The number of carbonyl (C=O) groups excluding carboxylic acids is 2. The summed E-state index contributed by atoms with van der Waals surface area (Å²) in [5, 5.41) is 9.41. The molecule has 0 fully saturated rings. The van der Waals surface area contributed by atoms with Crippen LogP contribution in [0.25, 0.3) is 16.9 Å². The second-order valence-electron chi connectivity index (χ2n) is 9.27. The van der Waals surface area contributed by atoms with Gasteiger partial charge in [0.05, 0.1) is 10.6 Å². The predicted octanol–water partition coefficient (Wildman–Crippen LogP) is 5.59. The first-order valence-corrected chi connectivity index (χ1v) is 12.8. The summed E-state index contributed by atoms with van der Waals surface area (Å²) in [6, 6.07) is 13.5. The number of aryl methyl sites for hydroxylation is 1. The first kappa shape index (κ1) is 26.4. The molecule has 1 aliphatic carbocycles. The molecule has 0 radical (unpaired) electrons. The third kappa shape index (κ3) is 5.12. The van der Waals surface area contributed by atoms with Crippen LogP contribution in [0.15, 0.2) is 54.7 Å². The van der Waals surface area contributed by atoms with E-state index in [0.717, 1.165) is 46.8 Å². The standard InChI is InChI=1S/C28H25ClF2N6O2/c1-28(30,31)21-15-20(37(36-21)25-18(29)12-8-14-33-25)26(38)35-24-23(27(39)32-2)22(16-9-4-3-5-10-16)17-11-6-7-13-19(17)34-24/h3-5,8-10,12,14-15H,6-7,11,13H2,1-2H3,(H,32,39)(H,34,35,38). The minimum atomic E-state index is -3.33. The van der Waals surface area contributed by atoms with Crippen molar-refractivity contribution >= 4 is 29.2 Å². The number of hydrogen-bond donors (Lipinski definition) is 2. The van der Waals surface area contributed by atoms with Gasteiger partial charge in [0.15, 0.2) is 5.82 Å². The Morgan fingerprint density at radius 2 is 1.79 bits per heavy atom. The fourth-order valence-electron chi connectivity index (χ4n) is 4.73. The molecule has 1 aliphatic rings. The van der Waals surface area contributed by atoms with E-state index in [-0.39, 0.29) is 27.9 Å². The van der Waals surface area contributed by atoms with Crippen LogP contribution in [0.2, 0.25) is 5.02 Å². The summed E-state index contributed by atoms with van der Waals surface area (Å²) in [5.74, 6) is -4.53. The summed E-state index contributed by atoms with van der Waals surface area (Å²) < 4.78 is 29.5. The monoisotopic (exact) mass is 550 g/mol. The molecule has 1 aromatic carbocycles. The van der Waals surface area contributed by atoms with Gasteiger partial charge < -0.3 is 10.6 Å². The molecule has 5 rings (SSSR count). The average Bonchev–Trinajstić information content (AvgIpc) is 3.39. The van der Waals surface area contributed by atoms with Crippen LogP contribution >= 0.6 is 11.6 Å². The van der Waals surface area contributed by atoms with Gasteiger partial charge in [-0.2, -0.15) is 13.9 Å². The van der Waals surface area contributed by atoms with Crippen LogP contribution in [-0.4, -0.2) is 38.6 Å². The molecule has 39 heavy (non-hydrogen) atoms. The summed E-state index contributed by atoms with van der Waals surface area (Å²) in [4.78, 5) is 35.8. The minimum Gasteiger partial charge on any atom is -0.355 e. The topological polar surface area (TPSA) is 102 Å². The number of pyridine rings is 2. The van der Waals surface area contributed by atoms with E-state index in [1.165, 1.54) is 19.3 Å². The summed E-state index contributed by atoms with van der Waals surface area (Å²) in [6.45, 7) is 0.683. The Labute approximate surface area is 228 Å². The molecular weight excluding hydrogens is 526 g/mol. The molecular formula is C28H25ClF2N6O2. The Morgan fingerprint density at radius 1 is 1.05 bits per heavy atom. The number of benzene rings is 1. The molecule has 0 unspecified atom stereocenters. The summed E-state index contributed by atoms with van der Waals surface area (Å²) >= 11 is 6.26. The number of halogens is 3. The highest BCUT2D eigenvalue weighted by Crippen LogP contribution is 2.37. The smallest absolute Gasteiger partial charge is 0.288 e. The van der Waals surface area contributed by atoms with Crippen molar-refractivity contribution in [2.24, 2.45) is 0 Å². The number of hydrogen-bond acceptors (Lipinski definition) is 5. The molecule has 8 nitrogen and oxygen atoms in total. The maximum Gasteiger partial charge on any atom is 0.288 e. The number of amides is 2. The number of alkyl halides is 2. The summed E-state index contributed by atoms with van der Waals surface area (Å²) in [7, 11) is 1.50. The van der Waals surface area contributed by atoms with Gasteiger partial charge >= 0.3 is 0 Å². The lowest BCUT2D eigenvalue weighted by atomic mass is 9.86. The Hall–Kier alpha value is -4.18. The zero-order chi connectivity index (χ0) is 27.7. The molecule has 0 aliphatic heterocycles. The fraction of sp³-hybridized carbons (Fsp3) is 0.250. The van der Waals surface area contributed by atoms with Crippen molar-refractivity contribution in [1.29, 1.82) is 0 Å². The van der Waals surface area contributed by atoms with Crippen LogP contribution in [0.4, 0.5) is 14.6 Å². The molecule has 0 bridgehead atoms. The molecule has 0 saturated carbocycles. The number of carbonyl (C=O) groups is 2. The molecule has 11 heteroatoms. The molecule has 0 spiro atoms. The molecule has 4 aromatic rings. The van der Waals surface area contributed by atoms with Crippen LogP contribution < -0.4 is 10.6 Å². The highest BCUT2D eigenvalue weighted by atomic mass is 35.5. The third-order valence-electron chi connectivity index (χ3n) is 6.55. The Bertz CT molecular complexity index is 1570. The number of anilines is 1. The first-order chi connectivity index (χ1) is 18.7. The van der Waals surface area contributed by atoms with E-state index in [0.29, 0.717) is 18.9 Å². The SMILES string of the molecule is CNC(=O)c1c(NC(=O)c2cc(C(C)(F)F)nn2-c2ncccc2Cl)nc2c(c1-c1ccccc1)CCCC2. The van der Waals surface area contributed by atoms with Crippen molar-refractivity contribution in [1.82, 2.24) is 25.1 Å². The van der Waals surface area contributed by atoms with Gasteiger partial charge in [0.25, 0.3) is 17.7 Å². The summed E-state index contributed by atoms with van der Waals surface area (Å²) in [6.07, 6.45) is 4.70. The minimum absolute atomic E-state index is 0.00900. The molecule has 3 heterocycles. The molecule has 0 atom stereocenters. The Morgan fingerprint density at radius 3 is 2.49 bits per heavy atom. The quantitative estimate of drug-likeness (QED) is 0.326. The number of nitrogens with zero attached hydrogens (tertiary/aromatic N) is 4. The lowest BCUT2D eigenvalue weighted by molar-refractivity contribution is 0.0124. The number of rotatable bonds is 6. The second-order valence-corrected chi connectivity index (χ2v) is 9.67. The molecule has 0 saturated heterocycles. The fourth-order valence-corrected chi connectivity index (χ4v) is 4.93. The van der Waals surface area contributed by atoms with Crippen molar-refractivity contribution in [2.45, 2.75) is 38.5 Å². The highest BCUT2D eigenvalue weighted by Gasteiger charge is 2.33. The normalized spacial score (nSPS) is 13.1. The van der Waals surface area contributed by atoms with E-state index >= 15 is 0 Å². The van der Waals surface area contributed by atoms with Gasteiger partial charge in [-0.25, -0.2) is 14.6 Å². The highest BCUT2D eigenvalue weighted by molar-refractivity contribution is 6.32. The van der Waals surface area contributed by atoms with Crippen molar-refractivity contribution in [2.75, 3.05) is 12.4 Å². The van der Waals surface area contributed by atoms with Gasteiger partial charge in [0.2, 0.25) is 0 Å². The summed E-state index contributed by atoms with van der Waals surface area (Å²) in [5.41, 5.74) is 2.57. The van der Waals surface area contributed by atoms with Crippen molar-refractivity contribution in [3.8, 4) is 16.9 Å². The molecule has 3 aromatic heterocycles. The first-order valence-electron chi connectivity index (χ1n) is 12.4. The lowest BCUT2D eigenvalue weighted by Crippen LogP contribution is -2.26. The van der Waals surface area contributed by atoms with E-state index in [2.05, 4.69) is 20.7 Å². The maximum absolute atomic E-state index is 14.3. The van der Waals surface area contributed by atoms with Gasteiger partial charge in [-0.05, 0) is 55.0 Å². The van der Waals surface area contributed by atoms with Crippen molar-refractivity contribution < 1.29 is 18.4 Å². The number of fused-ring (bicyclic) bond motifs is 1. The van der Waals surface area contributed by atoms with Gasteiger partial charge in [0, 0.05) is 31.4 Å². The number of aromatic nitrogens is 4. The number of nitrogens with one attached hydrogen (secondary N) is 2. The van der Waals surface area contributed by atoms with E-state index in [1.807, 2.05) is 30.3 Å². The lowest BCUT2D eigenvalue weighted by Gasteiger charge is -2.24. The predicted molar refractivity (Wildman–Crippen MR) is 144 cm³/mol. The van der Waals surface area contributed by atoms with Gasteiger partial charge in [-0.15, -0.1) is 0 Å². The van der Waals surface area contributed by atoms with E-state index in [1.54, 1.807) is 6.07 Å². The zero-order valence-electron chi connectivity index (χ0n) is 21.3. The van der Waals surface area contributed by atoms with Gasteiger partial charge in [-0.1, -0.05) is 41.9 Å². The van der Waals surface area contributed by atoms with Gasteiger partial charge in [-0.3, -0.25) is 9.59 Å². The maximum atomic E-state index is 14.3. The van der Waals surface area contributed by atoms with Crippen LogP contribution in [0.5, 0.6) is 0 Å². The molecule has 200 valence electrons. The largest absolute Gasteiger partial charge is 0.355 e. The third-order valence-corrected chi connectivity index (χ3v) is 6.85. The van der Waals surface area contributed by atoms with Gasteiger partial charge in [0.1, 0.15) is 17.2 Å². The van der Waals surface area contributed by atoms with Crippen LogP contribution in [-0.2, 0) is 18.8 Å². The average molecular weight is 551 g/mol. The van der Waals surface area contributed by atoms with E-state index in [4.69, 9.17) is 16.6 Å². The Kier molecular flexibility index (Phi) is 7.14. The molecule has 2 N–H and O–H groups in total. The van der Waals surface area contributed by atoms with Crippen molar-refractivity contribution in [3.63, 3.8) is 0 Å². The van der Waals surface area contributed by atoms with E-state index in [9.17, 15) is 18.4 Å². The zero-order valence-corrected chi connectivity index (χ0v) is 22.0. The van der Waals surface area contributed by atoms with Crippen molar-refractivity contribution in [3.05, 3.63) is 88.0 Å². The van der Waals surface area contributed by atoms with Crippen LogP contribution in [0.3, 0.4) is 0 Å². The van der Waals surface area contributed by atoms with E-state index < -0.39 is 23.4 Å². The second kappa shape index (κ2) is 10.5. The van der Waals surface area contributed by atoms with Crippen LogP contribution in [0, 0.1) is 0 Å². The molecule has 2 amide bonds.